The summed E-state index contributed by atoms with van der Waals surface area (Å²) in [6, 6.07) is 9.79. The molecule has 0 saturated carbocycles. The zero-order valence-corrected chi connectivity index (χ0v) is 16.2. The standard InChI is InChI=1S/C22H25N3O2/c1-6-11-19-16(4)23-20(17-12-9-8-10-13-17)24-21(19)25(5)18(7-2)14-15(3)22(26)27/h6-10,12-14H,1,11H2,2-5H3,(H,26,27)/b15-14+,18-7+. The quantitative estimate of drug-likeness (QED) is 0.444. The first-order chi connectivity index (χ1) is 12.9. The van der Waals surface area contributed by atoms with E-state index in [9.17, 15) is 9.90 Å². The van der Waals surface area contributed by atoms with Crippen LogP contribution >= 0.6 is 0 Å². The van der Waals surface area contributed by atoms with Crippen molar-refractivity contribution in [1.82, 2.24) is 9.97 Å². The molecule has 1 heterocycles. The normalized spacial score (nSPS) is 12.0. The molecule has 0 aliphatic carbocycles. The summed E-state index contributed by atoms with van der Waals surface area (Å²) in [5.41, 5.74) is 3.78. The number of aromatic nitrogens is 2. The van der Waals surface area contributed by atoms with Gasteiger partial charge >= 0.3 is 5.97 Å². The topological polar surface area (TPSA) is 66.3 Å². The van der Waals surface area contributed by atoms with Crippen molar-refractivity contribution in [3.63, 3.8) is 0 Å². The molecular formula is C22H25N3O2. The van der Waals surface area contributed by atoms with Crippen LogP contribution in [0.15, 0.2) is 66.4 Å². The fourth-order valence-corrected chi connectivity index (χ4v) is 2.74. The Morgan fingerprint density at radius 2 is 1.93 bits per heavy atom. The highest BCUT2D eigenvalue weighted by Crippen LogP contribution is 2.28. The van der Waals surface area contributed by atoms with E-state index in [2.05, 4.69) is 11.6 Å². The first kappa shape index (κ1) is 20.1. The number of rotatable bonds is 7. The predicted molar refractivity (Wildman–Crippen MR) is 110 cm³/mol. The van der Waals surface area contributed by atoms with Crippen molar-refractivity contribution in [2.75, 3.05) is 11.9 Å². The highest BCUT2D eigenvalue weighted by molar-refractivity contribution is 5.86. The van der Waals surface area contributed by atoms with Gasteiger partial charge in [0, 0.05) is 35.1 Å². The Hall–Kier alpha value is -3.21. The van der Waals surface area contributed by atoms with Crippen molar-refractivity contribution in [3.05, 3.63) is 77.7 Å². The van der Waals surface area contributed by atoms with Crippen molar-refractivity contribution >= 4 is 11.8 Å². The summed E-state index contributed by atoms with van der Waals surface area (Å²) in [5, 5.41) is 9.20. The fraction of sp³-hybridized carbons (Fsp3) is 0.227. The number of carbonyl (C=O) groups is 1. The van der Waals surface area contributed by atoms with Crippen LogP contribution in [-0.2, 0) is 11.2 Å². The molecule has 140 valence electrons. The largest absolute Gasteiger partial charge is 0.478 e. The molecule has 0 bridgehead atoms. The van der Waals surface area contributed by atoms with E-state index in [0.29, 0.717) is 12.2 Å². The lowest BCUT2D eigenvalue weighted by Crippen LogP contribution is -2.20. The zero-order chi connectivity index (χ0) is 20.0. The molecular weight excluding hydrogens is 338 g/mol. The van der Waals surface area contributed by atoms with Gasteiger partial charge in [-0.25, -0.2) is 14.8 Å². The lowest BCUT2D eigenvalue weighted by molar-refractivity contribution is -0.132. The third-order valence-electron chi connectivity index (χ3n) is 4.28. The zero-order valence-electron chi connectivity index (χ0n) is 16.2. The van der Waals surface area contributed by atoms with Gasteiger partial charge in [0.1, 0.15) is 5.82 Å². The molecule has 0 radical (unpaired) electrons. The Bertz CT molecular complexity index is 899. The number of benzene rings is 1. The molecule has 0 spiro atoms. The maximum atomic E-state index is 11.2. The van der Waals surface area contributed by atoms with Gasteiger partial charge in [0.25, 0.3) is 0 Å². The average molecular weight is 363 g/mol. The van der Waals surface area contributed by atoms with Gasteiger partial charge in [-0.05, 0) is 33.3 Å². The molecule has 1 aromatic heterocycles. The molecule has 2 rings (SSSR count). The maximum Gasteiger partial charge on any atom is 0.331 e. The minimum absolute atomic E-state index is 0.259. The van der Waals surface area contributed by atoms with Crippen LogP contribution in [-0.4, -0.2) is 28.1 Å². The molecule has 5 heteroatoms. The molecule has 5 nitrogen and oxygen atoms in total. The number of anilines is 1. The number of carboxylic acid groups (broad SMARTS) is 1. The van der Waals surface area contributed by atoms with Crippen molar-refractivity contribution in [2.45, 2.75) is 27.2 Å². The van der Waals surface area contributed by atoms with Crippen LogP contribution < -0.4 is 4.90 Å². The van der Waals surface area contributed by atoms with E-state index in [1.807, 2.05) is 68.3 Å². The van der Waals surface area contributed by atoms with Crippen molar-refractivity contribution < 1.29 is 9.90 Å². The van der Waals surface area contributed by atoms with E-state index in [0.717, 1.165) is 28.3 Å². The Labute approximate surface area is 160 Å². The Kier molecular flexibility index (Phi) is 6.66. The summed E-state index contributed by atoms with van der Waals surface area (Å²) in [6.07, 6.45) is 5.95. The van der Waals surface area contributed by atoms with Crippen LogP contribution in [0.2, 0.25) is 0 Å². The van der Waals surface area contributed by atoms with E-state index in [1.54, 1.807) is 13.0 Å². The van der Waals surface area contributed by atoms with Gasteiger partial charge < -0.3 is 10.0 Å². The van der Waals surface area contributed by atoms with Crippen LogP contribution in [0.5, 0.6) is 0 Å². The summed E-state index contributed by atoms with van der Waals surface area (Å²) in [6.45, 7) is 9.24. The molecule has 0 aliphatic heterocycles. The summed E-state index contributed by atoms with van der Waals surface area (Å²) in [5.74, 6) is 0.429. The molecule has 1 aromatic carbocycles. The number of allylic oxidation sites excluding steroid dienone is 3. The minimum Gasteiger partial charge on any atom is -0.478 e. The molecule has 0 amide bonds. The third kappa shape index (κ3) is 4.70. The van der Waals surface area contributed by atoms with E-state index < -0.39 is 5.97 Å². The summed E-state index contributed by atoms with van der Waals surface area (Å²) < 4.78 is 0. The Morgan fingerprint density at radius 3 is 2.48 bits per heavy atom. The summed E-state index contributed by atoms with van der Waals surface area (Å²) in [4.78, 5) is 22.6. The van der Waals surface area contributed by atoms with Gasteiger partial charge in [0.15, 0.2) is 5.82 Å². The third-order valence-corrected chi connectivity index (χ3v) is 4.28. The van der Waals surface area contributed by atoms with Crippen molar-refractivity contribution in [2.24, 2.45) is 0 Å². The van der Waals surface area contributed by atoms with Gasteiger partial charge in [-0.2, -0.15) is 0 Å². The molecule has 27 heavy (non-hydrogen) atoms. The van der Waals surface area contributed by atoms with Gasteiger partial charge in [-0.15, -0.1) is 6.58 Å². The van der Waals surface area contributed by atoms with E-state index in [1.165, 1.54) is 0 Å². The predicted octanol–water partition coefficient (Wildman–Crippen LogP) is 4.55. The molecule has 2 aromatic rings. The highest BCUT2D eigenvalue weighted by atomic mass is 16.4. The second-order valence-corrected chi connectivity index (χ2v) is 6.20. The van der Waals surface area contributed by atoms with Crippen LogP contribution in [0.25, 0.3) is 11.4 Å². The average Bonchev–Trinajstić information content (AvgIpc) is 2.67. The Morgan fingerprint density at radius 1 is 1.26 bits per heavy atom. The molecule has 0 saturated heterocycles. The second-order valence-electron chi connectivity index (χ2n) is 6.20. The van der Waals surface area contributed by atoms with Gasteiger partial charge in [0.2, 0.25) is 0 Å². The van der Waals surface area contributed by atoms with Gasteiger partial charge in [-0.3, -0.25) is 0 Å². The molecule has 0 unspecified atom stereocenters. The number of hydrogen-bond acceptors (Lipinski definition) is 4. The lowest BCUT2D eigenvalue weighted by atomic mass is 10.1. The van der Waals surface area contributed by atoms with Crippen LogP contribution in [0.4, 0.5) is 5.82 Å². The van der Waals surface area contributed by atoms with E-state index in [-0.39, 0.29) is 5.57 Å². The Balaban J connectivity index is 2.61. The van der Waals surface area contributed by atoms with E-state index in [4.69, 9.17) is 4.98 Å². The van der Waals surface area contributed by atoms with Crippen molar-refractivity contribution in [1.29, 1.82) is 0 Å². The number of carboxylic acids is 1. The first-order valence-electron chi connectivity index (χ1n) is 8.74. The van der Waals surface area contributed by atoms with Crippen LogP contribution in [0.1, 0.15) is 25.1 Å². The fourth-order valence-electron chi connectivity index (χ4n) is 2.74. The second kappa shape index (κ2) is 8.94. The number of nitrogens with zero attached hydrogens (tertiary/aromatic N) is 3. The number of aryl methyl sites for hydroxylation is 1. The first-order valence-corrected chi connectivity index (χ1v) is 8.74. The van der Waals surface area contributed by atoms with Gasteiger partial charge in [-0.1, -0.05) is 42.5 Å². The maximum absolute atomic E-state index is 11.2. The number of hydrogen-bond donors (Lipinski definition) is 1. The van der Waals surface area contributed by atoms with Gasteiger partial charge in [0.05, 0.1) is 0 Å². The number of aliphatic carboxylic acids is 1. The molecule has 1 N–H and O–H groups in total. The summed E-state index contributed by atoms with van der Waals surface area (Å²) in [7, 11) is 1.88. The smallest absolute Gasteiger partial charge is 0.331 e. The van der Waals surface area contributed by atoms with Crippen LogP contribution in [0, 0.1) is 6.92 Å². The molecule has 0 fully saturated rings. The summed E-state index contributed by atoms with van der Waals surface area (Å²) >= 11 is 0. The van der Waals surface area contributed by atoms with Crippen molar-refractivity contribution in [3.8, 4) is 11.4 Å². The molecule has 0 aliphatic rings. The monoisotopic (exact) mass is 363 g/mol. The lowest BCUT2D eigenvalue weighted by Gasteiger charge is -2.24. The number of likely N-dealkylation sites (N-methyl/N-ethyl adjacent to an activating group) is 1. The highest BCUT2D eigenvalue weighted by Gasteiger charge is 2.17. The SMILES string of the molecule is C=CCc1c(C)nc(-c2ccccc2)nc1N(C)C(/C=C(\C)C(=O)O)=C/C. The van der Waals surface area contributed by atoms with Crippen LogP contribution in [0.3, 0.4) is 0 Å². The molecule has 0 atom stereocenters. The van der Waals surface area contributed by atoms with E-state index >= 15 is 0 Å². The minimum atomic E-state index is -0.946.